The Kier molecular flexibility index (Phi) is 3.08. The van der Waals surface area contributed by atoms with Crippen molar-refractivity contribution in [3.8, 4) is 0 Å². The van der Waals surface area contributed by atoms with Crippen LogP contribution in [0.15, 0.2) is 17.2 Å². The maximum absolute atomic E-state index is 11.8. The molecule has 0 aliphatic carbocycles. The van der Waals surface area contributed by atoms with Gasteiger partial charge in [-0.15, -0.1) is 0 Å². The molecule has 1 aliphatic heterocycles. The van der Waals surface area contributed by atoms with Gasteiger partial charge in [-0.25, -0.2) is 9.97 Å². The zero-order valence-electron chi connectivity index (χ0n) is 10.8. The highest BCUT2D eigenvalue weighted by molar-refractivity contribution is 5.26. The summed E-state index contributed by atoms with van der Waals surface area (Å²) >= 11 is 0. The first-order valence-electron chi connectivity index (χ1n) is 6.46. The van der Waals surface area contributed by atoms with E-state index in [4.69, 9.17) is 0 Å². The quantitative estimate of drug-likeness (QED) is 0.788. The Balaban J connectivity index is 1.87. The number of nitrogens with zero attached hydrogens (tertiary/aromatic N) is 4. The van der Waals surface area contributed by atoms with E-state index in [1.165, 1.54) is 16.9 Å². The lowest BCUT2D eigenvalue weighted by Crippen LogP contribution is -2.35. The minimum absolute atomic E-state index is 0.144. The summed E-state index contributed by atoms with van der Waals surface area (Å²) in [6.07, 6.45) is 2.51. The first-order valence-corrected chi connectivity index (χ1v) is 6.46. The molecule has 7 nitrogen and oxygen atoms in total. The molecule has 1 aliphatic rings. The SMILES string of the molecule is CC1CCN(Cc2cc(=O)n3[nH]cnc3n2)C1CO. The van der Waals surface area contributed by atoms with Crippen molar-refractivity contribution in [2.45, 2.75) is 25.9 Å². The van der Waals surface area contributed by atoms with Crippen molar-refractivity contribution in [3.63, 3.8) is 0 Å². The van der Waals surface area contributed by atoms with Crippen LogP contribution in [0.25, 0.3) is 5.78 Å². The molecular formula is C12H17N5O2. The fourth-order valence-electron chi connectivity index (χ4n) is 2.74. The maximum atomic E-state index is 11.8. The number of aromatic nitrogens is 4. The molecule has 102 valence electrons. The smallest absolute Gasteiger partial charge is 0.274 e. The second-order valence-electron chi connectivity index (χ2n) is 5.09. The molecule has 2 aromatic heterocycles. The summed E-state index contributed by atoms with van der Waals surface area (Å²) in [7, 11) is 0. The van der Waals surface area contributed by atoms with E-state index in [1.54, 1.807) is 0 Å². The van der Waals surface area contributed by atoms with Gasteiger partial charge in [-0.1, -0.05) is 6.92 Å². The summed E-state index contributed by atoms with van der Waals surface area (Å²) in [6.45, 7) is 3.78. The average Bonchev–Trinajstić information content (AvgIpc) is 2.97. The second-order valence-corrected chi connectivity index (χ2v) is 5.09. The van der Waals surface area contributed by atoms with Gasteiger partial charge in [0.1, 0.15) is 6.33 Å². The van der Waals surface area contributed by atoms with Crippen molar-refractivity contribution in [2.24, 2.45) is 5.92 Å². The number of fused-ring (bicyclic) bond motifs is 1. The van der Waals surface area contributed by atoms with Gasteiger partial charge in [-0.05, 0) is 18.9 Å². The Morgan fingerprint density at radius 2 is 2.42 bits per heavy atom. The number of likely N-dealkylation sites (tertiary alicyclic amines) is 1. The van der Waals surface area contributed by atoms with Crippen LogP contribution in [0.3, 0.4) is 0 Å². The lowest BCUT2D eigenvalue weighted by atomic mass is 10.0. The predicted molar refractivity (Wildman–Crippen MR) is 68.7 cm³/mol. The molecule has 0 saturated carbocycles. The molecule has 0 aromatic carbocycles. The van der Waals surface area contributed by atoms with Crippen LogP contribution in [0.4, 0.5) is 0 Å². The van der Waals surface area contributed by atoms with Crippen LogP contribution in [0.2, 0.25) is 0 Å². The van der Waals surface area contributed by atoms with Gasteiger partial charge in [0.25, 0.3) is 11.3 Å². The Morgan fingerprint density at radius 3 is 3.21 bits per heavy atom. The molecule has 0 radical (unpaired) electrons. The van der Waals surface area contributed by atoms with Crippen molar-refractivity contribution in [2.75, 3.05) is 13.2 Å². The Labute approximate surface area is 109 Å². The van der Waals surface area contributed by atoms with Crippen LogP contribution in [0, 0.1) is 5.92 Å². The van der Waals surface area contributed by atoms with E-state index in [0.29, 0.717) is 23.9 Å². The van der Waals surface area contributed by atoms with Crippen LogP contribution in [-0.2, 0) is 6.54 Å². The summed E-state index contributed by atoms with van der Waals surface area (Å²) < 4.78 is 1.31. The molecule has 2 N–H and O–H groups in total. The first kappa shape index (κ1) is 12.3. The van der Waals surface area contributed by atoms with Gasteiger partial charge in [0.15, 0.2) is 0 Å². The van der Waals surface area contributed by atoms with Crippen molar-refractivity contribution in [3.05, 3.63) is 28.4 Å². The molecule has 0 spiro atoms. The molecule has 2 atom stereocenters. The van der Waals surface area contributed by atoms with Gasteiger partial charge in [-0.2, -0.15) is 4.52 Å². The van der Waals surface area contributed by atoms with E-state index in [9.17, 15) is 9.90 Å². The minimum Gasteiger partial charge on any atom is -0.395 e. The minimum atomic E-state index is -0.162. The molecule has 1 saturated heterocycles. The van der Waals surface area contributed by atoms with E-state index in [2.05, 4.69) is 26.9 Å². The van der Waals surface area contributed by atoms with E-state index < -0.39 is 0 Å². The summed E-state index contributed by atoms with van der Waals surface area (Å²) in [6, 6.07) is 1.67. The van der Waals surface area contributed by atoms with E-state index in [0.717, 1.165) is 13.0 Å². The standard InChI is InChI=1S/C12H17N5O2/c1-8-2-3-16(10(8)6-18)5-9-4-11(19)17-12(15-9)13-7-14-17/h4,7-8,10,18H,2-3,5-6H2,1H3,(H,13,14,15). The van der Waals surface area contributed by atoms with Crippen molar-refractivity contribution in [1.82, 2.24) is 24.5 Å². The first-order chi connectivity index (χ1) is 9.19. The summed E-state index contributed by atoms with van der Waals surface area (Å²) in [5, 5.41) is 12.1. The number of nitrogens with one attached hydrogen (secondary N) is 1. The Morgan fingerprint density at radius 1 is 1.58 bits per heavy atom. The number of H-pyrrole nitrogens is 1. The third kappa shape index (κ3) is 2.15. The Bertz CT molecular complexity index is 634. The molecule has 3 rings (SSSR count). The van der Waals surface area contributed by atoms with Crippen LogP contribution in [0.5, 0.6) is 0 Å². The van der Waals surface area contributed by atoms with Crippen LogP contribution in [-0.4, -0.2) is 48.8 Å². The molecule has 1 fully saturated rings. The third-order valence-electron chi connectivity index (χ3n) is 3.87. The number of aromatic amines is 1. The van der Waals surface area contributed by atoms with Gasteiger partial charge in [0.2, 0.25) is 0 Å². The van der Waals surface area contributed by atoms with Gasteiger partial charge >= 0.3 is 0 Å². The lowest BCUT2D eigenvalue weighted by Gasteiger charge is -2.24. The van der Waals surface area contributed by atoms with Crippen molar-refractivity contribution >= 4 is 5.78 Å². The molecule has 0 amide bonds. The summed E-state index contributed by atoms with van der Waals surface area (Å²) in [4.78, 5) is 22.4. The van der Waals surface area contributed by atoms with Gasteiger partial charge in [0, 0.05) is 18.7 Å². The summed E-state index contributed by atoms with van der Waals surface area (Å²) in [5.74, 6) is 0.857. The molecule has 19 heavy (non-hydrogen) atoms. The number of hydrogen-bond donors (Lipinski definition) is 2. The van der Waals surface area contributed by atoms with Gasteiger partial charge in [-0.3, -0.25) is 14.8 Å². The molecular weight excluding hydrogens is 246 g/mol. The largest absolute Gasteiger partial charge is 0.395 e. The number of hydrogen-bond acceptors (Lipinski definition) is 5. The fraction of sp³-hybridized carbons (Fsp3) is 0.583. The number of rotatable bonds is 3. The normalized spacial score (nSPS) is 24.3. The monoisotopic (exact) mass is 263 g/mol. The highest BCUT2D eigenvalue weighted by atomic mass is 16.3. The molecule has 3 heterocycles. The van der Waals surface area contributed by atoms with E-state index in [-0.39, 0.29) is 18.2 Å². The number of aliphatic hydroxyl groups is 1. The molecule has 7 heteroatoms. The second kappa shape index (κ2) is 4.75. The van der Waals surface area contributed by atoms with E-state index >= 15 is 0 Å². The maximum Gasteiger partial charge on any atom is 0.274 e. The highest BCUT2D eigenvalue weighted by Crippen LogP contribution is 2.24. The van der Waals surface area contributed by atoms with Gasteiger partial charge < -0.3 is 5.11 Å². The Hall–Kier alpha value is -1.73. The third-order valence-corrected chi connectivity index (χ3v) is 3.87. The molecule has 2 aromatic rings. The highest BCUT2D eigenvalue weighted by Gasteiger charge is 2.30. The topological polar surface area (TPSA) is 86.5 Å². The lowest BCUT2D eigenvalue weighted by molar-refractivity contribution is 0.133. The molecule has 0 bridgehead atoms. The fourth-order valence-corrected chi connectivity index (χ4v) is 2.74. The van der Waals surface area contributed by atoms with Crippen molar-refractivity contribution < 1.29 is 5.11 Å². The predicted octanol–water partition coefficient (Wildman–Crippen LogP) is -0.380. The average molecular weight is 263 g/mol. The van der Waals surface area contributed by atoms with Crippen LogP contribution >= 0.6 is 0 Å². The van der Waals surface area contributed by atoms with Crippen LogP contribution < -0.4 is 5.56 Å². The van der Waals surface area contributed by atoms with Crippen molar-refractivity contribution in [1.29, 1.82) is 0 Å². The number of aliphatic hydroxyl groups excluding tert-OH is 1. The zero-order chi connectivity index (χ0) is 13.4. The zero-order valence-corrected chi connectivity index (χ0v) is 10.8. The van der Waals surface area contributed by atoms with Gasteiger partial charge in [0.05, 0.1) is 12.3 Å². The van der Waals surface area contributed by atoms with E-state index in [1.807, 2.05) is 0 Å². The summed E-state index contributed by atoms with van der Waals surface area (Å²) in [5.41, 5.74) is 0.537. The molecule has 2 unspecified atom stereocenters. The van der Waals surface area contributed by atoms with Crippen LogP contribution in [0.1, 0.15) is 19.0 Å².